The van der Waals surface area contributed by atoms with Crippen molar-refractivity contribution >= 4 is 21.6 Å². The van der Waals surface area contributed by atoms with Crippen molar-refractivity contribution in [3.63, 3.8) is 0 Å². The Morgan fingerprint density at radius 1 is 1.33 bits per heavy atom. The van der Waals surface area contributed by atoms with Crippen molar-refractivity contribution in [2.75, 3.05) is 12.4 Å². The molecule has 0 fully saturated rings. The molecule has 0 aliphatic carbocycles. The summed E-state index contributed by atoms with van der Waals surface area (Å²) in [6, 6.07) is 5.96. The van der Waals surface area contributed by atoms with Gasteiger partial charge in [0.05, 0.1) is 29.5 Å². The van der Waals surface area contributed by atoms with Gasteiger partial charge in [-0.2, -0.15) is 0 Å². The highest BCUT2D eigenvalue weighted by molar-refractivity contribution is 9.10. The maximum Gasteiger partial charge on any atom is 0.135 e. The Morgan fingerprint density at radius 2 is 2.17 bits per heavy atom. The summed E-state index contributed by atoms with van der Waals surface area (Å²) in [7, 11) is 1.65. The molecule has 1 N–H and O–H groups in total. The molecule has 0 amide bonds. The van der Waals surface area contributed by atoms with Gasteiger partial charge in [0.1, 0.15) is 5.75 Å². The Kier molecular flexibility index (Phi) is 4.15. The highest BCUT2D eigenvalue weighted by atomic mass is 79.9. The fourth-order valence-corrected chi connectivity index (χ4v) is 2.02. The molecule has 0 radical (unpaired) electrons. The Bertz CT molecular complexity index is 519. The van der Waals surface area contributed by atoms with E-state index in [0.29, 0.717) is 0 Å². The first-order valence-corrected chi connectivity index (χ1v) is 6.36. The Balaban J connectivity index is 2.14. The molecule has 1 heterocycles. The maximum absolute atomic E-state index is 5.26. The highest BCUT2D eigenvalue weighted by Gasteiger charge is 2.08. The van der Waals surface area contributed by atoms with Crippen LogP contribution in [0.4, 0.5) is 5.69 Å². The lowest BCUT2D eigenvalue weighted by molar-refractivity contribution is 0.412. The van der Waals surface area contributed by atoms with E-state index >= 15 is 0 Å². The number of hydrogen-bond acceptors (Lipinski definition) is 4. The lowest BCUT2D eigenvalue weighted by Crippen LogP contribution is -2.08. The first-order chi connectivity index (χ1) is 8.70. The van der Waals surface area contributed by atoms with Gasteiger partial charge < -0.3 is 10.1 Å². The van der Waals surface area contributed by atoms with E-state index in [2.05, 4.69) is 31.2 Å². The lowest BCUT2D eigenvalue weighted by Gasteiger charge is -2.15. The smallest absolute Gasteiger partial charge is 0.135 e. The molecule has 18 heavy (non-hydrogen) atoms. The van der Waals surface area contributed by atoms with Crippen LogP contribution in [0.5, 0.6) is 5.75 Å². The van der Waals surface area contributed by atoms with Gasteiger partial charge in [-0.3, -0.25) is 9.97 Å². The molecule has 0 spiro atoms. The third kappa shape index (κ3) is 2.98. The summed E-state index contributed by atoms with van der Waals surface area (Å²) in [4.78, 5) is 8.33. The average Bonchev–Trinajstić information content (AvgIpc) is 2.42. The summed E-state index contributed by atoms with van der Waals surface area (Å²) in [5.41, 5.74) is 1.88. The molecule has 0 bridgehead atoms. The van der Waals surface area contributed by atoms with Crippen molar-refractivity contribution in [3.8, 4) is 5.75 Å². The fourth-order valence-electron chi connectivity index (χ4n) is 1.61. The molecule has 1 aromatic carbocycles. The van der Waals surface area contributed by atoms with Crippen LogP contribution in [0.3, 0.4) is 0 Å². The number of rotatable bonds is 4. The van der Waals surface area contributed by atoms with Crippen LogP contribution >= 0.6 is 15.9 Å². The van der Waals surface area contributed by atoms with Crippen LogP contribution in [-0.4, -0.2) is 17.1 Å². The minimum atomic E-state index is 0.0876. The summed E-state index contributed by atoms with van der Waals surface area (Å²) in [6.07, 6.45) is 5.11. The molecule has 1 unspecified atom stereocenters. The zero-order valence-corrected chi connectivity index (χ0v) is 11.8. The predicted octanol–water partition coefficient (Wildman–Crippen LogP) is 3.42. The number of halogens is 1. The van der Waals surface area contributed by atoms with E-state index in [0.717, 1.165) is 21.6 Å². The second-order valence-corrected chi connectivity index (χ2v) is 4.70. The number of ether oxygens (including phenoxy) is 1. The van der Waals surface area contributed by atoms with E-state index < -0.39 is 0 Å². The van der Waals surface area contributed by atoms with Crippen molar-refractivity contribution in [1.82, 2.24) is 9.97 Å². The van der Waals surface area contributed by atoms with E-state index in [9.17, 15) is 0 Å². The van der Waals surface area contributed by atoms with Crippen LogP contribution in [-0.2, 0) is 0 Å². The largest absolute Gasteiger partial charge is 0.495 e. The molecule has 4 nitrogen and oxygen atoms in total. The first-order valence-electron chi connectivity index (χ1n) is 5.56. The summed E-state index contributed by atoms with van der Waals surface area (Å²) in [5, 5.41) is 3.36. The molecule has 2 rings (SSSR count). The van der Waals surface area contributed by atoms with Crippen molar-refractivity contribution in [3.05, 3.63) is 47.0 Å². The van der Waals surface area contributed by atoms with Gasteiger partial charge in [0, 0.05) is 24.1 Å². The predicted molar refractivity (Wildman–Crippen MR) is 74.8 cm³/mol. The molecular weight excluding hydrogens is 294 g/mol. The van der Waals surface area contributed by atoms with Gasteiger partial charge in [0.2, 0.25) is 0 Å². The Morgan fingerprint density at radius 3 is 2.83 bits per heavy atom. The van der Waals surface area contributed by atoms with Crippen molar-refractivity contribution < 1.29 is 4.74 Å². The van der Waals surface area contributed by atoms with E-state index in [1.807, 2.05) is 25.1 Å². The van der Waals surface area contributed by atoms with E-state index in [1.165, 1.54) is 0 Å². The van der Waals surface area contributed by atoms with Crippen LogP contribution in [0.15, 0.2) is 41.3 Å². The summed E-state index contributed by atoms with van der Waals surface area (Å²) >= 11 is 3.43. The zero-order valence-electron chi connectivity index (χ0n) is 10.2. The van der Waals surface area contributed by atoms with Crippen LogP contribution in [0.2, 0.25) is 0 Å². The molecule has 0 saturated carbocycles. The quantitative estimate of drug-likeness (QED) is 0.940. The molecule has 0 aliphatic rings. The number of hydrogen-bond donors (Lipinski definition) is 1. The second-order valence-electron chi connectivity index (χ2n) is 3.85. The highest BCUT2D eigenvalue weighted by Crippen LogP contribution is 2.29. The SMILES string of the molecule is COc1cc(NC(C)c2cnccn2)ccc1Br. The van der Waals surface area contributed by atoms with Crippen LogP contribution in [0.25, 0.3) is 0 Å². The molecule has 5 heteroatoms. The van der Waals surface area contributed by atoms with Crippen LogP contribution < -0.4 is 10.1 Å². The van der Waals surface area contributed by atoms with Gasteiger partial charge in [-0.15, -0.1) is 0 Å². The third-order valence-corrected chi connectivity index (χ3v) is 3.22. The summed E-state index contributed by atoms with van der Waals surface area (Å²) in [5.74, 6) is 0.798. The molecule has 0 aliphatic heterocycles. The molecule has 2 aromatic rings. The van der Waals surface area contributed by atoms with Crippen LogP contribution in [0, 0.1) is 0 Å². The zero-order chi connectivity index (χ0) is 13.0. The maximum atomic E-state index is 5.26. The van der Waals surface area contributed by atoms with Gasteiger partial charge >= 0.3 is 0 Å². The monoisotopic (exact) mass is 307 g/mol. The number of benzene rings is 1. The summed E-state index contributed by atoms with van der Waals surface area (Å²) in [6.45, 7) is 2.04. The second kappa shape index (κ2) is 5.82. The molecular formula is C13H14BrN3O. The minimum absolute atomic E-state index is 0.0876. The number of methoxy groups -OCH3 is 1. The Labute approximate surface area is 115 Å². The Hall–Kier alpha value is -1.62. The number of nitrogens with one attached hydrogen (secondary N) is 1. The van der Waals surface area contributed by atoms with E-state index in [4.69, 9.17) is 4.74 Å². The summed E-state index contributed by atoms with van der Waals surface area (Å²) < 4.78 is 6.19. The molecule has 1 aromatic heterocycles. The normalized spacial score (nSPS) is 11.9. The molecule has 0 saturated heterocycles. The van der Waals surface area contributed by atoms with Crippen molar-refractivity contribution in [1.29, 1.82) is 0 Å². The van der Waals surface area contributed by atoms with Gasteiger partial charge in [0.15, 0.2) is 0 Å². The van der Waals surface area contributed by atoms with Crippen molar-refractivity contribution in [2.24, 2.45) is 0 Å². The average molecular weight is 308 g/mol. The van der Waals surface area contributed by atoms with E-state index in [-0.39, 0.29) is 6.04 Å². The van der Waals surface area contributed by atoms with Gasteiger partial charge in [0.25, 0.3) is 0 Å². The number of anilines is 1. The standard InChI is InChI=1S/C13H14BrN3O/c1-9(12-8-15-5-6-16-12)17-10-3-4-11(14)13(7-10)18-2/h3-9,17H,1-2H3. The van der Waals surface area contributed by atoms with Gasteiger partial charge in [-0.05, 0) is 35.0 Å². The molecule has 1 atom stereocenters. The minimum Gasteiger partial charge on any atom is -0.495 e. The van der Waals surface area contributed by atoms with Gasteiger partial charge in [-0.25, -0.2) is 0 Å². The lowest BCUT2D eigenvalue weighted by atomic mass is 10.2. The van der Waals surface area contributed by atoms with Gasteiger partial charge in [-0.1, -0.05) is 0 Å². The van der Waals surface area contributed by atoms with Crippen LogP contribution in [0.1, 0.15) is 18.7 Å². The third-order valence-electron chi connectivity index (χ3n) is 2.56. The fraction of sp³-hybridized carbons (Fsp3) is 0.231. The number of nitrogens with zero attached hydrogens (tertiary/aromatic N) is 2. The number of aromatic nitrogens is 2. The topological polar surface area (TPSA) is 47.0 Å². The first kappa shape index (κ1) is 12.8. The molecule has 94 valence electrons. The van der Waals surface area contributed by atoms with Crippen molar-refractivity contribution in [2.45, 2.75) is 13.0 Å². The van der Waals surface area contributed by atoms with E-state index in [1.54, 1.807) is 25.7 Å².